The molecule has 0 saturated carbocycles. The number of hydrogen-bond donors (Lipinski definition) is 2. The zero-order chi connectivity index (χ0) is 24.8. The lowest BCUT2D eigenvalue weighted by Gasteiger charge is -2.18. The largest absolute Gasteiger partial charge is 0.461 e. The van der Waals surface area contributed by atoms with Gasteiger partial charge in [-0.15, -0.1) is 0 Å². The molecule has 4 rings (SSSR count). The summed E-state index contributed by atoms with van der Waals surface area (Å²) in [6.45, 7) is 3.45. The maximum atomic E-state index is 13.0. The van der Waals surface area contributed by atoms with Crippen LogP contribution in [0.4, 0.5) is 5.82 Å². The van der Waals surface area contributed by atoms with E-state index in [2.05, 4.69) is 31.4 Å². The minimum absolute atomic E-state index is 0.0432. The van der Waals surface area contributed by atoms with Crippen molar-refractivity contribution in [1.82, 2.24) is 24.7 Å². The molecule has 0 aliphatic rings. The molecule has 4 aromatic rings. The SMILES string of the molecule is Cc1ccc(NC(=O)[C@H](COCCO)Oc2ncnc3c2cnn3-c2cccc(C#N)c2C)nc1. The Kier molecular flexibility index (Phi) is 7.25. The zero-order valence-electron chi connectivity index (χ0n) is 19.2. The molecule has 0 fully saturated rings. The molecule has 0 spiro atoms. The summed E-state index contributed by atoms with van der Waals surface area (Å²) in [5.41, 5.74) is 3.37. The van der Waals surface area contributed by atoms with Crippen LogP contribution in [0.1, 0.15) is 16.7 Å². The summed E-state index contributed by atoms with van der Waals surface area (Å²) in [4.78, 5) is 25.7. The fourth-order valence-electron chi connectivity index (χ4n) is 3.37. The number of aryl methyl sites for hydroxylation is 1. The van der Waals surface area contributed by atoms with Crippen molar-refractivity contribution >= 4 is 22.8 Å². The fraction of sp³-hybridized carbons (Fsp3) is 0.250. The number of nitrogens with one attached hydrogen (secondary N) is 1. The first-order chi connectivity index (χ1) is 17.0. The van der Waals surface area contributed by atoms with E-state index >= 15 is 0 Å². The van der Waals surface area contributed by atoms with Crippen molar-refractivity contribution in [1.29, 1.82) is 5.26 Å². The first-order valence-electron chi connectivity index (χ1n) is 10.8. The molecular weight excluding hydrogens is 450 g/mol. The second-order valence-electron chi connectivity index (χ2n) is 7.65. The van der Waals surface area contributed by atoms with Gasteiger partial charge in [0.25, 0.3) is 5.91 Å². The Morgan fingerprint density at radius 1 is 1.20 bits per heavy atom. The van der Waals surface area contributed by atoms with Crippen molar-refractivity contribution in [3.63, 3.8) is 0 Å². The molecule has 11 nitrogen and oxygen atoms in total. The molecule has 0 unspecified atom stereocenters. The normalized spacial score (nSPS) is 11.7. The Labute approximate surface area is 201 Å². The highest BCUT2D eigenvalue weighted by Crippen LogP contribution is 2.26. The van der Waals surface area contributed by atoms with Crippen molar-refractivity contribution in [3.8, 4) is 17.6 Å². The molecule has 35 heavy (non-hydrogen) atoms. The van der Waals surface area contributed by atoms with Crippen LogP contribution in [-0.2, 0) is 9.53 Å². The molecule has 1 atom stereocenters. The number of rotatable bonds is 9. The van der Waals surface area contributed by atoms with Gasteiger partial charge in [0.1, 0.15) is 17.5 Å². The summed E-state index contributed by atoms with van der Waals surface area (Å²) in [6.07, 6.45) is 3.40. The van der Waals surface area contributed by atoms with Gasteiger partial charge in [-0.1, -0.05) is 12.1 Å². The van der Waals surface area contributed by atoms with Crippen LogP contribution in [-0.4, -0.2) is 61.7 Å². The highest BCUT2D eigenvalue weighted by Gasteiger charge is 2.24. The van der Waals surface area contributed by atoms with Crippen LogP contribution >= 0.6 is 0 Å². The van der Waals surface area contributed by atoms with E-state index in [9.17, 15) is 10.1 Å². The lowest BCUT2D eigenvalue weighted by molar-refractivity contribution is -0.125. The number of amides is 1. The van der Waals surface area contributed by atoms with Crippen molar-refractivity contribution in [3.05, 3.63) is 65.7 Å². The summed E-state index contributed by atoms with van der Waals surface area (Å²) in [5, 5.41) is 26.0. The quantitative estimate of drug-likeness (QED) is 0.349. The average molecular weight is 473 g/mol. The maximum absolute atomic E-state index is 13.0. The number of aromatic nitrogens is 5. The predicted octanol–water partition coefficient (Wildman–Crippen LogP) is 2.09. The molecule has 0 bridgehead atoms. The number of aliphatic hydroxyl groups is 1. The van der Waals surface area contributed by atoms with Gasteiger partial charge in [0.2, 0.25) is 12.0 Å². The number of anilines is 1. The van der Waals surface area contributed by atoms with E-state index in [0.29, 0.717) is 28.1 Å². The Bertz CT molecular complexity index is 1380. The Morgan fingerprint density at radius 2 is 2.06 bits per heavy atom. The lowest BCUT2D eigenvalue weighted by Crippen LogP contribution is -2.37. The van der Waals surface area contributed by atoms with Gasteiger partial charge < -0.3 is 19.9 Å². The van der Waals surface area contributed by atoms with E-state index in [1.807, 2.05) is 26.0 Å². The second kappa shape index (κ2) is 10.7. The number of pyridine rings is 1. The maximum Gasteiger partial charge on any atom is 0.269 e. The molecule has 1 amide bonds. The number of fused-ring (bicyclic) bond motifs is 1. The van der Waals surface area contributed by atoms with Gasteiger partial charge in [-0.3, -0.25) is 4.79 Å². The van der Waals surface area contributed by atoms with Gasteiger partial charge in [-0.05, 0) is 43.2 Å². The molecule has 0 radical (unpaired) electrons. The predicted molar refractivity (Wildman–Crippen MR) is 126 cm³/mol. The minimum atomic E-state index is -1.09. The molecule has 1 aromatic carbocycles. The van der Waals surface area contributed by atoms with Gasteiger partial charge >= 0.3 is 0 Å². The monoisotopic (exact) mass is 473 g/mol. The summed E-state index contributed by atoms with van der Waals surface area (Å²) in [7, 11) is 0. The van der Waals surface area contributed by atoms with Crippen LogP contribution in [0.3, 0.4) is 0 Å². The van der Waals surface area contributed by atoms with Gasteiger partial charge in [-0.25, -0.2) is 19.6 Å². The smallest absolute Gasteiger partial charge is 0.269 e. The van der Waals surface area contributed by atoms with Crippen LogP contribution in [0.25, 0.3) is 16.7 Å². The number of aliphatic hydroxyl groups excluding tert-OH is 1. The number of carbonyl (C=O) groups is 1. The van der Waals surface area contributed by atoms with Crippen LogP contribution in [0.2, 0.25) is 0 Å². The third-order valence-corrected chi connectivity index (χ3v) is 5.20. The van der Waals surface area contributed by atoms with Gasteiger partial charge in [0.15, 0.2) is 5.65 Å². The van der Waals surface area contributed by atoms with Crippen molar-refractivity contribution in [2.75, 3.05) is 25.1 Å². The summed E-state index contributed by atoms with van der Waals surface area (Å²) >= 11 is 0. The number of carbonyl (C=O) groups excluding carboxylic acids is 1. The van der Waals surface area contributed by atoms with Crippen molar-refractivity contribution in [2.24, 2.45) is 0 Å². The molecule has 2 N–H and O–H groups in total. The van der Waals surface area contributed by atoms with E-state index < -0.39 is 12.0 Å². The molecule has 3 heterocycles. The average Bonchev–Trinajstić information content (AvgIpc) is 3.30. The van der Waals surface area contributed by atoms with Gasteiger partial charge in [0, 0.05) is 6.20 Å². The first kappa shape index (κ1) is 23.7. The molecule has 3 aromatic heterocycles. The zero-order valence-corrected chi connectivity index (χ0v) is 19.2. The third-order valence-electron chi connectivity index (χ3n) is 5.20. The number of nitriles is 1. The van der Waals surface area contributed by atoms with E-state index in [4.69, 9.17) is 14.6 Å². The highest BCUT2D eigenvalue weighted by atomic mass is 16.5. The first-order valence-corrected chi connectivity index (χ1v) is 10.8. The van der Waals surface area contributed by atoms with E-state index in [1.54, 1.807) is 29.1 Å². The van der Waals surface area contributed by atoms with Gasteiger partial charge in [0.05, 0.1) is 43.3 Å². The number of ether oxygens (including phenoxy) is 2. The number of hydrogen-bond acceptors (Lipinski definition) is 9. The Hall–Kier alpha value is -4.40. The topological polar surface area (TPSA) is 148 Å². The van der Waals surface area contributed by atoms with Crippen LogP contribution in [0.15, 0.2) is 49.1 Å². The van der Waals surface area contributed by atoms with Crippen LogP contribution in [0.5, 0.6) is 5.88 Å². The van der Waals surface area contributed by atoms with Crippen LogP contribution in [0, 0.1) is 25.2 Å². The van der Waals surface area contributed by atoms with E-state index in [0.717, 1.165) is 11.1 Å². The minimum Gasteiger partial charge on any atom is -0.461 e. The molecule has 0 aliphatic heterocycles. The third kappa shape index (κ3) is 5.24. The molecule has 11 heteroatoms. The highest BCUT2D eigenvalue weighted by molar-refractivity contribution is 5.94. The molecule has 0 saturated heterocycles. The van der Waals surface area contributed by atoms with Crippen molar-refractivity contribution < 1.29 is 19.4 Å². The second-order valence-corrected chi connectivity index (χ2v) is 7.65. The number of benzene rings is 1. The standard InChI is InChI=1S/C24H23N7O4/c1-15-6-7-21(26-11-15)30-23(33)20(13-34-9-8-32)35-24-18-12-29-31(22(18)27-14-28-24)19-5-3-4-17(10-25)16(19)2/h3-7,11-12,14,20,32H,8-9,13H2,1-2H3,(H,26,30,33)/t20-/m0/s1. The summed E-state index contributed by atoms with van der Waals surface area (Å²) < 4.78 is 12.9. The Balaban J connectivity index is 1.64. The van der Waals surface area contributed by atoms with E-state index in [1.165, 1.54) is 12.5 Å². The van der Waals surface area contributed by atoms with Crippen LogP contribution < -0.4 is 10.1 Å². The van der Waals surface area contributed by atoms with E-state index in [-0.39, 0.29) is 25.7 Å². The molecule has 0 aliphatic carbocycles. The Morgan fingerprint density at radius 3 is 2.80 bits per heavy atom. The number of nitrogens with zero attached hydrogens (tertiary/aromatic N) is 6. The molecule has 178 valence electrons. The summed E-state index contributed by atoms with van der Waals surface area (Å²) in [6, 6.07) is 11.0. The fourth-order valence-corrected chi connectivity index (χ4v) is 3.37. The van der Waals surface area contributed by atoms with Gasteiger partial charge in [-0.2, -0.15) is 10.4 Å². The van der Waals surface area contributed by atoms with Crippen molar-refractivity contribution in [2.45, 2.75) is 20.0 Å². The lowest BCUT2D eigenvalue weighted by atomic mass is 10.1. The summed E-state index contributed by atoms with van der Waals surface area (Å²) in [5.74, 6) is 0.0147. The molecular formula is C24H23N7O4.